The monoisotopic (exact) mass is 365 g/mol. The van der Waals surface area contributed by atoms with Gasteiger partial charge in [-0.3, -0.25) is 0 Å². The second kappa shape index (κ2) is 6.11. The van der Waals surface area contributed by atoms with Crippen molar-refractivity contribution >= 4 is 32.1 Å². The van der Waals surface area contributed by atoms with E-state index >= 15 is 0 Å². The van der Waals surface area contributed by atoms with Crippen LogP contribution in [0.3, 0.4) is 0 Å². The van der Waals surface area contributed by atoms with Crippen LogP contribution in [0.5, 0.6) is 0 Å². The van der Waals surface area contributed by atoms with E-state index < -0.39 is 10.0 Å². The van der Waals surface area contributed by atoms with Crippen LogP contribution in [0.1, 0.15) is 0 Å². The number of sulfonamides is 1. The van der Waals surface area contributed by atoms with E-state index in [0.717, 1.165) is 16.0 Å². The largest absolute Gasteiger partial charge is 0.247 e. The molecule has 0 aliphatic carbocycles. The Kier molecular flexibility index (Phi) is 3.92. The van der Waals surface area contributed by atoms with E-state index in [1.807, 2.05) is 24.3 Å². The minimum absolute atomic E-state index is 0.181. The number of benzene rings is 3. The molecule has 0 unspecified atom stereocenters. The first-order valence-corrected chi connectivity index (χ1v) is 10.1. The highest BCUT2D eigenvalue weighted by Crippen LogP contribution is 2.33. The predicted octanol–water partition coefficient (Wildman–Crippen LogP) is 4.88. The first-order chi connectivity index (χ1) is 12.0. The second-order valence-corrected chi connectivity index (χ2v) is 8.64. The molecule has 25 heavy (non-hydrogen) atoms. The van der Waals surface area contributed by atoms with Gasteiger partial charge in [0.05, 0.1) is 0 Å². The Bertz CT molecular complexity index is 1150. The number of nitrogens with two attached hydrogens (primary N) is 1. The Morgan fingerprint density at radius 3 is 2.12 bits per heavy atom. The van der Waals surface area contributed by atoms with Gasteiger partial charge in [-0.05, 0) is 39.6 Å². The van der Waals surface area contributed by atoms with Gasteiger partial charge in [0, 0.05) is 4.88 Å². The maximum Gasteiger partial charge on any atom is 0.247 e. The summed E-state index contributed by atoms with van der Waals surface area (Å²) in [6.07, 6.45) is 0. The summed E-state index contributed by atoms with van der Waals surface area (Å²) in [5, 5.41) is 7.61. The molecule has 0 fully saturated rings. The van der Waals surface area contributed by atoms with E-state index in [4.69, 9.17) is 5.14 Å². The molecular formula is C20H15NO2S2. The smallest absolute Gasteiger partial charge is 0.224 e. The normalized spacial score (nSPS) is 11.7. The van der Waals surface area contributed by atoms with Crippen LogP contribution in [0.25, 0.3) is 32.3 Å². The fourth-order valence-corrected chi connectivity index (χ4v) is 4.65. The van der Waals surface area contributed by atoms with Gasteiger partial charge in [0.15, 0.2) is 0 Å². The molecule has 1 heterocycles. The Hall–Kier alpha value is -2.47. The zero-order chi connectivity index (χ0) is 17.4. The van der Waals surface area contributed by atoms with E-state index in [1.54, 1.807) is 12.1 Å². The van der Waals surface area contributed by atoms with E-state index in [1.165, 1.54) is 27.7 Å². The molecule has 0 amide bonds. The highest BCUT2D eigenvalue weighted by molar-refractivity contribution is 7.91. The number of hydrogen-bond acceptors (Lipinski definition) is 3. The summed E-state index contributed by atoms with van der Waals surface area (Å²) >= 11 is 1.18. The standard InChI is InChI=1S/C20H15NO2S2/c21-25(22,23)20-13-12-19(24-20)16-10-8-15(9-11-16)18-7-3-5-14-4-1-2-6-17(14)18/h1-13H,(H2,21,22,23). The van der Waals surface area contributed by atoms with Gasteiger partial charge >= 0.3 is 0 Å². The van der Waals surface area contributed by atoms with Crippen LogP contribution in [0.4, 0.5) is 0 Å². The fourth-order valence-electron chi connectivity index (χ4n) is 2.92. The van der Waals surface area contributed by atoms with Crippen molar-refractivity contribution in [3.8, 4) is 21.6 Å². The first-order valence-electron chi connectivity index (χ1n) is 7.73. The maximum atomic E-state index is 11.4. The van der Waals surface area contributed by atoms with Crippen LogP contribution in [0.2, 0.25) is 0 Å². The highest BCUT2D eigenvalue weighted by atomic mass is 32.2. The van der Waals surface area contributed by atoms with Gasteiger partial charge in [0.2, 0.25) is 10.0 Å². The first kappa shape index (κ1) is 16.0. The Morgan fingerprint density at radius 2 is 1.40 bits per heavy atom. The third kappa shape index (κ3) is 3.09. The zero-order valence-corrected chi connectivity index (χ0v) is 14.8. The van der Waals surface area contributed by atoms with Crippen LogP contribution < -0.4 is 5.14 Å². The summed E-state index contributed by atoms with van der Waals surface area (Å²) < 4.78 is 23.0. The minimum atomic E-state index is -3.65. The van der Waals surface area contributed by atoms with Crippen molar-refractivity contribution in [3.05, 3.63) is 78.9 Å². The summed E-state index contributed by atoms with van der Waals surface area (Å²) in [6, 6.07) is 26.1. The number of hydrogen-bond donors (Lipinski definition) is 1. The lowest BCUT2D eigenvalue weighted by molar-refractivity contribution is 0.600. The molecule has 1 aromatic heterocycles. The lowest BCUT2D eigenvalue weighted by Crippen LogP contribution is -2.09. The lowest BCUT2D eigenvalue weighted by Gasteiger charge is -2.07. The van der Waals surface area contributed by atoms with Gasteiger partial charge in [-0.15, -0.1) is 11.3 Å². The summed E-state index contributed by atoms with van der Waals surface area (Å²) in [6.45, 7) is 0. The molecule has 3 nitrogen and oxygen atoms in total. The minimum Gasteiger partial charge on any atom is -0.224 e. The van der Waals surface area contributed by atoms with Crippen LogP contribution in [0, 0.1) is 0 Å². The van der Waals surface area contributed by atoms with E-state index in [0.29, 0.717) is 0 Å². The average Bonchev–Trinajstić information content (AvgIpc) is 3.12. The number of thiophene rings is 1. The molecule has 4 rings (SSSR count). The van der Waals surface area contributed by atoms with Crippen molar-refractivity contribution in [2.75, 3.05) is 0 Å². The average molecular weight is 365 g/mol. The van der Waals surface area contributed by atoms with Crippen molar-refractivity contribution in [1.82, 2.24) is 0 Å². The Morgan fingerprint density at radius 1 is 0.720 bits per heavy atom. The van der Waals surface area contributed by atoms with Crippen LogP contribution in [-0.2, 0) is 10.0 Å². The van der Waals surface area contributed by atoms with Crippen molar-refractivity contribution in [2.45, 2.75) is 4.21 Å². The molecule has 0 bridgehead atoms. The Balaban J connectivity index is 1.74. The molecule has 0 spiro atoms. The molecule has 0 radical (unpaired) electrons. The summed E-state index contributed by atoms with van der Waals surface area (Å²) in [5.74, 6) is 0. The molecule has 0 atom stereocenters. The highest BCUT2D eigenvalue weighted by Gasteiger charge is 2.12. The quantitative estimate of drug-likeness (QED) is 0.562. The lowest BCUT2D eigenvalue weighted by atomic mass is 9.97. The molecule has 4 aromatic rings. The maximum absolute atomic E-state index is 11.4. The molecule has 0 saturated heterocycles. The second-order valence-electron chi connectivity index (χ2n) is 5.77. The van der Waals surface area contributed by atoms with Crippen LogP contribution >= 0.6 is 11.3 Å². The topological polar surface area (TPSA) is 60.2 Å². The third-order valence-electron chi connectivity index (χ3n) is 4.13. The van der Waals surface area contributed by atoms with Crippen molar-refractivity contribution < 1.29 is 8.42 Å². The van der Waals surface area contributed by atoms with Gasteiger partial charge in [0.25, 0.3) is 0 Å². The molecule has 2 N–H and O–H groups in total. The van der Waals surface area contributed by atoms with Gasteiger partial charge in [-0.1, -0.05) is 66.7 Å². The molecule has 0 aliphatic rings. The van der Waals surface area contributed by atoms with Gasteiger partial charge in [-0.25, -0.2) is 13.6 Å². The summed E-state index contributed by atoms with van der Waals surface area (Å²) in [5.41, 5.74) is 3.29. The molecule has 3 aromatic carbocycles. The summed E-state index contributed by atoms with van der Waals surface area (Å²) in [4.78, 5) is 0.883. The fraction of sp³-hybridized carbons (Fsp3) is 0. The Labute approximate surface area is 150 Å². The van der Waals surface area contributed by atoms with E-state index in [-0.39, 0.29) is 4.21 Å². The third-order valence-corrected chi connectivity index (χ3v) is 6.70. The molecule has 0 aliphatic heterocycles. The van der Waals surface area contributed by atoms with Gasteiger partial charge in [-0.2, -0.15) is 0 Å². The van der Waals surface area contributed by atoms with Crippen molar-refractivity contribution in [3.63, 3.8) is 0 Å². The number of primary sulfonamides is 1. The molecule has 0 saturated carbocycles. The SMILES string of the molecule is NS(=O)(=O)c1ccc(-c2ccc(-c3cccc4ccccc34)cc2)s1. The van der Waals surface area contributed by atoms with E-state index in [9.17, 15) is 8.42 Å². The molecular weight excluding hydrogens is 350 g/mol. The van der Waals surface area contributed by atoms with Crippen LogP contribution in [0.15, 0.2) is 83.1 Å². The summed E-state index contributed by atoms with van der Waals surface area (Å²) in [7, 11) is -3.65. The van der Waals surface area contributed by atoms with Crippen molar-refractivity contribution in [2.24, 2.45) is 5.14 Å². The number of fused-ring (bicyclic) bond motifs is 1. The van der Waals surface area contributed by atoms with Crippen molar-refractivity contribution in [1.29, 1.82) is 0 Å². The molecule has 5 heteroatoms. The van der Waals surface area contributed by atoms with Crippen LogP contribution in [-0.4, -0.2) is 8.42 Å². The van der Waals surface area contributed by atoms with E-state index in [2.05, 4.69) is 42.5 Å². The zero-order valence-electron chi connectivity index (χ0n) is 13.2. The number of rotatable bonds is 3. The predicted molar refractivity (Wildman–Crippen MR) is 104 cm³/mol. The molecule has 124 valence electrons. The van der Waals surface area contributed by atoms with Gasteiger partial charge < -0.3 is 0 Å². The van der Waals surface area contributed by atoms with Gasteiger partial charge in [0.1, 0.15) is 4.21 Å².